The van der Waals surface area contributed by atoms with Crippen molar-refractivity contribution in [2.75, 3.05) is 13.1 Å². The van der Waals surface area contributed by atoms with Crippen LogP contribution < -0.4 is 10.1 Å². The van der Waals surface area contributed by atoms with Crippen molar-refractivity contribution in [2.45, 2.75) is 25.1 Å². The van der Waals surface area contributed by atoms with Gasteiger partial charge >= 0.3 is 0 Å². The number of fused-ring (bicyclic) bond motifs is 1. The van der Waals surface area contributed by atoms with Gasteiger partial charge in [-0.3, -0.25) is 9.69 Å². The molecule has 0 radical (unpaired) electrons. The fourth-order valence-corrected chi connectivity index (χ4v) is 3.52. The normalized spacial score (nSPS) is 23.9. The van der Waals surface area contributed by atoms with E-state index in [1.807, 2.05) is 30.3 Å². The summed E-state index contributed by atoms with van der Waals surface area (Å²) in [5.41, 5.74) is 1.31. The van der Waals surface area contributed by atoms with Crippen molar-refractivity contribution in [3.8, 4) is 5.75 Å². The van der Waals surface area contributed by atoms with E-state index >= 15 is 0 Å². The van der Waals surface area contributed by atoms with E-state index in [9.17, 15) is 4.79 Å². The fraction of sp³-hybridized carbons (Fsp3) is 0.316. The van der Waals surface area contributed by atoms with Crippen LogP contribution in [0, 0.1) is 0 Å². The van der Waals surface area contributed by atoms with Gasteiger partial charge in [0.1, 0.15) is 5.75 Å². The first-order chi connectivity index (χ1) is 11.2. The molecule has 2 aliphatic heterocycles. The highest BCUT2D eigenvalue weighted by molar-refractivity contribution is 5.98. The summed E-state index contributed by atoms with van der Waals surface area (Å²) in [5.74, 6) is 0.659. The number of carbonyl (C=O) groups is 1. The molecule has 4 nitrogen and oxygen atoms in total. The average Bonchev–Trinajstić information content (AvgIpc) is 2.56. The molecule has 0 aromatic heterocycles. The van der Waals surface area contributed by atoms with Gasteiger partial charge in [-0.2, -0.15) is 0 Å². The summed E-state index contributed by atoms with van der Waals surface area (Å²) < 4.78 is 6.23. The van der Waals surface area contributed by atoms with E-state index in [0.717, 1.165) is 25.9 Å². The van der Waals surface area contributed by atoms with Gasteiger partial charge < -0.3 is 10.1 Å². The van der Waals surface area contributed by atoms with Crippen LogP contribution in [0.5, 0.6) is 5.75 Å². The van der Waals surface area contributed by atoms with Gasteiger partial charge in [0.2, 0.25) is 0 Å². The van der Waals surface area contributed by atoms with Crippen molar-refractivity contribution in [1.82, 2.24) is 10.2 Å². The summed E-state index contributed by atoms with van der Waals surface area (Å²) in [5, 5.41) is 3.10. The maximum absolute atomic E-state index is 12.4. The predicted octanol–water partition coefficient (Wildman–Crippen LogP) is 2.80. The number of ether oxygens (including phenoxy) is 1. The molecule has 2 aromatic carbocycles. The number of rotatable bonds is 2. The topological polar surface area (TPSA) is 41.6 Å². The van der Waals surface area contributed by atoms with Crippen LogP contribution in [0.15, 0.2) is 54.6 Å². The van der Waals surface area contributed by atoms with Crippen LogP contribution >= 0.6 is 0 Å². The Morgan fingerprint density at radius 1 is 1.09 bits per heavy atom. The van der Waals surface area contributed by atoms with E-state index in [0.29, 0.717) is 17.9 Å². The molecule has 1 fully saturated rings. The molecule has 0 saturated carbocycles. The molecular formula is C19H20N2O2. The number of hydrogen-bond acceptors (Lipinski definition) is 3. The second kappa shape index (κ2) is 5.70. The summed E-state index contributed by atoms with van der Waals surface area (Å²) in [4.78, 5) is 14.8. The molecular weight excluding hydrogens is 288 g/mol. The fourth-order valence-electron chi connectivity index (χ4n) is 3.52. The van der Waals surface area contributed by atoms with Gasteiger partial charge in [-0.15, -0.1) is 0 Å². The minimum absolute atomic E-state index is 0.0339. The number of nitrogens with zero attached hydrogens (tertiary/aromatic N) is 1. The lowest BCUT2D eigenvalue weighted by Crippen LogP contribution is -2.63. The molecule has 118 valence electrons. The second-order valence-electron chi connectivity index (χ2n) is 6.35. The minimum atomic E-state index is -0.599. The molecule has 1 N–H and O–H groups in total. The van der Waals surface area contributed by atoms with Crippen LogP contribution in [0.1, 0.15) is 28.8 Å². The zero-order valence-corrected chi connectivity index (χ0v) is 13.0. The zero-order chi connectivity index (χ0) is 15.7. The van der Waals surface area contributed by atoms with E-state index in [1.54, 1.807) is 0 Å². The van der Waals surface area contributed by atoms with Crippen LogP contribution in [0.3, 0.4) is 0 Å². The molecule has 0 bridgehead atoms. The van der Waals surface area contributed by atoms with Crippen molar-refractivity contribution in [3.05, 3.63) is 65.7 Å². The molecule has 2 heterocycles. The molecule has 0 aliphatic carbocycles. The van der Waals surface area contributed by atoms with Crippen molar-refractivity contribution >= 4 is 5.91 Å². The molecule has 1 spiro atoms. The highest BCUT2D eigenvalue weighted by atomic mass is 16.5. The van der Waals surface area contributed by atoms with Crippen LogP contribution in [-0.4, -0.2) is 29.6 Å². The molecule has 1 amide bonds. The number of hydrogen-bond donors (Lipinski definition) is 1. The third-order valence-corrected chi connectivity index (χ3v) is 4.56. The summed E-state index contributed by atoms with van der Waals surface area (Å²) >= 11 is 0. The molecule has 4 heteroatoms. The maximum atomic E-state index is 12.4. The van der Waals surface area contributed by atoms with E-state index in [1.165, 1.54) is 5.56 Å². The smallest absolute Gasteiger partial charge is 0.258 e. The van der Waals surface area contributed by atoms with E-state index < -0.39 is 5.72 Å². The van der Waals surface area contributed by atoms with Crippen LogP contribution in [-0.2, 0) is 6.54 Å². The lowest BCUT2D eigenvalue weighted by atomic mass is 9.97. The predicted molar refractivity (Wildman–Crippen MR) is 88.2 cm³/mol. The molecule has 1 unspecified atom stereocenters. The van der Waals surface area contributed by atoms with Crippen LogP contribution in [0.4, 0.5) is 0 Å². The highest BCUT2D eigenvalue weighted by Gasteiger charge is 2.42. The van der Waals surface area contributed by atoms with Gasteiger partial charge in [-0.1, -0.05) is 42.5 Å². The molecule has 2 aromatic rings. The van der Waals surface area contributed by atoms with Gasteiger partial charge in [0.15, 0.2) is 5.72 Å². The van der Waals surface area contributed by atoms with Crippen molar-refractivity contribution in [3.63, 3.8) is 0 Å². The van der Waals surface area contributed by atoms with E-state index in [-0.39, 0.29) is 5.91 Å². The number of carbonyl (C=O) groups excluding carboxylic acids is 1. The first-order valence-corrected chi connectivity index (χ1v) is 8.11. The van der Waals surface area contributed by atoms with Crippen LogP contribution in [0.2, 0.25) is 0 Å². The number of nitrogens with one attached hydrogen (secondary N) is 1. The second-order valence-corrected chi connectivity index (χ2v) is 6.35. The molecule has 23 heavy (non-hydrogen) atoms. The largest absolute Gasteiger partial charge is 0.466 e. The Kier molecular flexibility index (Phi) is 3.54. The first kappa shape index (κ1) is 14.3. The molecule has 4 rings (SSSR count). The number of benzene rings is 2. The maximum Gasteiger partial charge on any atom is 0.258 e. The van der Waals surface area contributed by atoms with Gasteiger partial charge in [0, 0.05) is 13.0 Å². The molecule has 1 saturated heterocycles. The Morgan fingerprint density at radius 3 is 2.74 bits per heavy atom. The third kappa shape index (κ3) is 2.82. The van der Waals surface area contributed by atoms with Crippen LogP contribution in [0.25, 0.3) is 0 Å². The van der Waals surface area contributed by atoms with E-state index in [4.69, 9.17) is 4.74 Å². The summed E-state index contributed by atoms with van der Waals surface area (Å²) in [6.45, 7) is 2.61. The Morgan fingerprint density at radius 2 is 1.87 bits per heavy atom. The van der Waals surface area contributed by atoms with Crippen molar-refractivity contribution in [2.24, 2.45) is 0 Å². The van der Waals surface area contributed by atoms with Gasteiger partial charge in [0.05, 0.1) is 12.1 Å². The summed E-state index contributed by atoms with van der Waals surface area (Å²) in [6.07, 6.45) is 1.85. The van der Waals surface area contributed by atoms with E-state index in [2.05, 4.69) is 34.5 Å². The quantitative estimate of drug-likeness (QED) is 0.927. The number of amides is 1. The Balaban J connectivity index is 1.54. The molecule has 1 atom stereocenters. The highest BCUT2D eigenvalue weighted by Crippen LogP contribution is 2.32. The monoisotopic (exact) mass is 308 g/mol. The van der Waals surface area contributed by atoms with Gasteiger partial charge in [-0.05, 0) is 30.7 Å². The average molecular weight is 308 g/mol. The lowest BCUT2D eigenvalue weighted by molar-refractivity contribution is -0.0393. The van der Waals surface area contributed by atoms with Gasteiger partial charge in [0.25, 0.3) is 5.91 Å². The Hall–Kier alpha value is -2.33. The number of para-hydroxylation sites is 1. The van der Waals surface area contributed by atoms with Crippen molar-refractivity contribution < 1.29 is 9.53 Å². The Labute approximate surface area is 136 Å². The Bertz CT molecular complexity index is 716. The van der Waals surface area contributed by atoms with Crippen molar-refractivity contribution in [1.29, 1.82) is 0 Å². The minimum Gasteiger partial charge on any atom is -0.466 e. The zero-order valence-electron chi connectivity index (χ0n) is 13.0. The number of likely N-dealkylation sites (tertiary alicyclic amines) is 1. The van der Waals surface area contributed by atoms with Gasteiger partial charge in [-0.25, -0.2) is 0 Å². The molecule has 2 aliphatic rings. The first-order valence-electron chi connectivity index (χ1n) is 8.11. The number of piperidine rings is 1. The summed E-state index contributed by atoms with van der Waals surface area (Å²) in [6, 6.07) is 17.9. The lowest BCUT2D eigenvalue weighted by Gasteiger charge is -2.45. The SMILES string of the molecule is O=C1NC2(CCCN(Cc3ccccc3)C2)Oc2ccccc21. The summed E-state index contributed by atoms with van der Waals surface area (Å²) in [7, 11) is 0. The standard InChI is InChI=1S/C19H20N2O2/c22-18-16-9-4-5-10-17(16)23-19(20-18)11-6-12-21(14-19)13-15-7-2-1-3-8-15/h1-5,7-10H,6,11-14H2,(H,20,22). The third-order valence-electron chi connectivity index (χ3n) is 4.56.